The van der Waals surface area contributed by atoms with Crippen LogP contribution >= 0.6 is 0 Å². The minimum absolute atomic E-state index is 0.116. The first-order valence-corrected chi connectivity index (χ1v) is 12.2. The Kier molecular flexibility index (Phi) is 12.9. The first-order valence-electron chi connectivity index (χ1n) is 12.2. The van der Waals surface area contributed by atoms with Crippen molar-refractivity contribution >= 4 is 23.9 Å². The van der Waals surface area contributed by atoms with Gasteiger partial charge in [-0.2, -0.15) is 0 Å². The summed E-state index contributed by atoms with van der Waals surface area (Å²) < 4.78 is 10.7. The monoisotopic (exact) mass is 478 g/mol. The third kappa shape index (κ3) is 8.80. The second-order valence-electron chi connectivity index (χ2n) is 8.58. The van der Waals surface area contributed by atoms with Crippen molar-refractivity contribution in [1.82, 2.24) is 0 Å². The number of carboxylic acids is 2. The molecule has 0 bridgehead atoms. The lowest BCUT2D eigenvalue weighted by atomic mass is 9.97. The van der Waals surface area contributed by atoms with Crippen LogP contribution < -0.4 is 0 Å². The maximum Gasteiger partial charge on any atom is 0.339 e. The van der Waals surface area contributed by atoms with Gasteiger partial charge in [-0.15, -0.1) is 0 Å². The molecule has 0 aliphatic rings. The fourth-order valence-electron chi connectivity index (χ4n) is 3.63. The van der Waals surface area contributed by atoms with Gasteiger partial charge in [-0.3, -0.25) is 0 Å². The number of carbonyl (C=O) groups is 4. The number of aromatic carboxylic acids is 2. The lowest BCUT2D eigenvalue weighted by Crippen LogP contribution is -2.21. The number of unbranched alkanes of at least 4 members (excludes halogenated alkanes) is 2. The summed E-state index contributed by atoms with van der Waals surface area (Å²) in [5.41, 5.74) is -1.80. The maximum absolute atomic E-state index is 12.8. The van der Waals surface area contributed by atoms with Gasteiger partial charge >= 0.3 is 23.9 Å². The fourth-order valence-corrected chi connectivity index (χ4v) is 3.63. The van der Waals surface area contributed by atoms with E-state index in [4.69, 9.17) is 9.47 Å². The van der Waals surface area contributed by atoms with E-state index in [2.05, 4.69) is 13.8 Å². The molecule has 34 heavy (non-hydrogen) atoms. The van der Waals surface area contributed by atoms with Crippen LogP contribution in [-0.2, 0) is 9.47 Å². The van der Waals surface area contributed by atoms with Gasteiger partial charge < -0.3 is 19.7 Å². The van der Waals surface area contributed by atoms with Crippen LogP contribution in [0, 0.1) is 11.8 Å². The number of benzene rings is 1. The second-order valence-corrected chi connectivity index (χ2v) is 8.58. The van der Waals surface area contributed by atoms with Gasteiger partial charge in [-0.05, 0) is 36.8 Å². The summed E-state index contributed by atoms with van der Waals surface area (Å²) in [6.45, 7) is 8.33. The number of carbonyl (C=O) groups excluding carboxylic acids is 2. The molecule has 8 heteroatoms. The lowest BCUT2D eigenvalue weighted by Gasteiger charge is -2.17. The largest absolute Gasteiger partial charge is 0.478 e. The van der Waals surface area contributed by atoms with Crippen LogP contribution in [0.1, 0.15) is 120 Å². The quantitative estimate of drug-likeness (QED) is 0.284. The highest BCUT2D eigenvalue weighted by Crippen LogP contribution is 2.22. The molecule has 1 aromatic rings. The van der Waals surface area contributed by atoms with Gasteiger partial charge in [0.15, 0.2) is 0 Å². The zero-order valence-electron chi connectivity index (χ0n) is 20.7. The number of esters is 2. The number of carboxylic acid groups (broad SMARTS) is 2. The highest BCUT2D eigenvalue weighted by molar-refractivity contribution is 6.09. The van der Waals surface area contributed by atoms with E-state index in [1.807, 2.05) is 13.8 Å². The molecule has 0 heterocycles. The molecule has 0 amide bonds. The average Bonchev–Trinajstić information content (AvgIpc) is 2.82. The number of hydrogen-bond acceptors (Lipinski definition) is 6. The molecule has 0 aliphatic heterocycles. The van der Waals surface area contributed by atoms with Gasteiger partial charge in [0.1, 0.15) is 0 Å². The second kappa shape index (κ2) is 15.1. The smallest absolute Gasteiger partial charge is 0.339 e. The first-order chi connectivity index (χ1) is 16.2. The van der Waals surface area contributed by atoms with Gasteiger partial charge in [0.05, 0.1) is 35.5 Å². The molecular formula is C26H38O8. The number of hydrogen-bond donors (Lipinski definition) is 2. The van der Waals surface area contributed by atoms with E-state index in [-0.39, 0.29) is 36.2 Å². The molecule has 0 aromatic heterocycles. The molecule has 2 unspecified atom stereocenters. The van der Waals surface area contributed by atoms with Crippen molar-refractivity contribution in [2.45, 2.75) is 79.1 Å². The van der Waals surface area contributed by atoms with E-state index in [1.54, 1.807) is 0 Å². The Bertz CT molecular complexity index is 780. The van der Waals surface area contributed by atoms with Crippen molar-refractivity contribution in [3.63, 3.8) is 0 Å². The normalized spacial score (nSPS) is 12.6. The number of rotatable bonds is 16. The summed E-state index contributed by atoms with van der Waals surface area (Å²) in [7, 11) is 0. The molecular weight excluding hydrogens is 440 g/mol. The Morgan fingerprint density at radius 1 is 0.676 bits per heavy atom. The third-order valence-corrected chi connectivity index (χ3v) is 6.05. The van der Waals surface area contributed by atoms with E-state index in [0.29, 0.717) is 0 Å². The average molecular weight is 479 g/mol. The van der Waals surface area contributed by atoms with Crippen molar-refractivity contribution in [2.75, 3.05) is 13.2 Å². The molecule has 1 aromatic carbocycles. The van der Waals surface area contributed by atoms with Crippen LogP contribution in [0.5, 0.6) is 0 Å². The predicted molar refractivity (Wildman–Crippen MR) is 128 cm³/mol. The zero-order valence-corrected chi connectivity index (χ0v) is 20.7. The minimum atomic E-state index is -1.49. The Balaban J connectivity index is 3.21. The van der Waals surface area contributed by atoms with E-state index in [1.165, 1.54) is 0 Å². The Labute approximate surface area is 201 Å². The first kappa shape index (κ1) is 29.1. The molecule has 8 nitrogen and oxygen atoms in total. The van der Waals surface area contributed by atoms with Gasteiger partial charge in [0.2, 0.25) is 0 Å². The van der Waals surface area contributed by atoms with E-state index >= 15 is 0 Å². The molecule has 190 valence electrons. The Hall–Kier alpha value is -2.90. The highest BCUT2D eigenvalue weighted by Gasteiger charge is 2.28. The van der Waals surface area contributed by atoms with Crippen molar-refractivity contribution < 1.29 is 38.9 Å². The van der Waals surface area contributed by atoms with Gasteiger partial charge in [-0.25, -0.2) is 19.2 Å². The molecule has 0 saturated carbocycles. The van der Waals surface area contributed by atoms with Crippen LogP contribution in [0.15, 0.2) is 12.1 Å². The summed E-state index contributed by atoms with van der Waals surface area (Å²) in [6.07, 6.45) is 7.32. The molecule has 2 N–H and O–H groups in total. The number of ether oxygens (including phenoxy) is 2. The molecule has 0 fully saturated rings. The summed E-state index contributed by atoms with van der Waals surface area (Å²) in [5, 5.41) is 19.1. The summed E-state index contributed by atoms with van der Waals surface area (Å²) in [4.78, 5) is 49.0. The summed E-state index contributed by atoms with van der Waals surface area (Å²) in [6, 6.07) is 1.79. The van der Waals surface area contributed by atoms with Gasteiger partial charge in [-0.1, -0.05) is 66.2 Å². The van der Waals surface area contributed by atoms with Crippen LogP contribution in [0.4, 0.5) is 0 Å². The topological polar surface area (TPSA) is 127 Å². The fraction of sp³-hybridized carbons (Fsp3) is 0.615. The van der Waals surface area contributed by atoms with Crippen molar-refractivity contribution in [2.24, 2.45) is 11.8 Å². The molecule has 0 radical (unpaired) electrons. The lowest BCUT2D eigenvalue weighted by molar-refractivity contribution is 0.0413. The molecule has 2 atom stereocenters. The Morgan fingerprint density at radius 3 is 1.32 bits per heavy atom. The van der Waals surface area contributed by atoms with Crippen molar-refractivity contribution in [3.8, 4) is 0 Å². The molecule has 0 saturated heterocycles. The SMILES string of the molecule is CCCCC(CC)COC(=O)c1cc(C(=O)OCC(CC)CCCC)c(C(=O)O)cc1C(=O)O. The van der Waals surface area contributed by atoms with Gasteiger partial charge in [0.25, 0.3) is 0 Å². The summed E-state index contributed by atoms with van der Waals surface area (Å²) >= 11 is 0. The van der Waals surface area contributed by atoms with E-state index in [9.17, 15) is 29.4 Å². The molecule has 0 aliphatic carbocycles. The van der Waals surface area contributed by atoms with Crippen LogP contribution in [0.2, 0.25) is 0 Å². The van der Waals surface area contributed by atoms with E-state index in [0.717, 1.165) is 63.5 Å². The van der Waals surface area contributed by atoms with E-state index < -0.39 is 35.0 Å². The van der Waals surface area contributed by atoms with Crippen LogP contribution in [0.3, 0.4) is 0 Å². The van der Waals surface area contributed by atoms with Crippen molar-refractivity contribution in [3.05, 3.63) is 34.4 Å². The molecule has 0 spiro atoms. The molecule has 1 rings (SSSR count). The zero-order chi connectivity index (χ0) is 25.7. The van der Waals surface area contributed by atoms with Crippen molar-refractivity contribution in [1.29, 1.82) is 0 Å². The minimum Gasteiger partial charge on any atom is -0.478 e. The standard InChI is InChI=1S/C26H38O8/c1-5-9-11-17(7-3)15-33-25(31)21-14-22(20(24(29)30)13-19(21)23(27)28)26(32)34-16-18(8-4)12-10-6-2/h13-14,17-18H,5-12,15-16H2,1-4H3,(H,27,28)(H,29,30). The maximum atomic E-state index is 12.8. The van der Waals surface area contributed by atoms with Gasteiger partial charge in [0, 0.05) is 0 Å². The van der Waals surface area contributed by atoms with Crippen LogP contribution in [-0.4, -0.2) is 47.3 Å². The van der Waals surface area contributed by atoms with Crippen LogP contribution in [0.25, 0.3) is 0 Å². The summed E-state index contributed by atoms with van der Waals surface area (Å²) in [5.74, 6) is -4.53. The Morgan fingerprint density at radius 2 is 1.03 bits per heavy atom. The highest BCUT2D eigenvalue weighted by atomic mass is 16.5. The third-order valence-electron chi connectivity index (χ3n) is 6.05. The predicted octanol–water partition coefficient (Wildman–Crippen LogP) is 5.83.